The molecule has 0 fully saturated rings. The predicted octanol–water partition coefficient (Wildman–Crippen LogP) is 2.88. The van der Waals surface area contributed by atoms with Gasteiger partial charge in [-0.3, -0.25) is 14.9 Å². The molecule has 2 aromatic carbocycles. The number of carbonyl (C=O) groups is 1. The van der Waals surface area contributed by atoms with Crippen molar-refractivity contribution in [3.8, 4) is 5.75 Å². The Labute approximate surface area is 163 Å². The Morgan fingerprint density at radius 1 is 1.19 bits per heavy atom. The number of non-ortho nitro benzene ring substituents is 1. The van der Waals surface area contributed by atoms with E-state index in [1.165, 1.54) is 12.1 Å². The highest BCUT2D eigenvalue weighted by Gasteiger charge is 2.30. The summed E-state index contributed by atoms with van der Waals surface area (Å²) in [6, 6.07) is 7.00. The van der Waals surface area contributed by atoms with Gasteiger partial charge in [0.1, 0.15) is 11.4 Å². The maximum absolute atomic E-state index is 12.8. The summed E-state index contributed by atoms with van der Waals surface area (Å²) >= 11 is 11.5. The van der Waals surface area contributed by atoms with Gasteiger partial charge in [-0.05, 0) is 17.7 Å². The number of rotatable bonds is 7. The molecule has 12 heteroatoms. The van der Waals surface area contributed by atoms with E-state index in [9.17, 15) is 28.4 Å². The molecule has 0 aromatic heterocycles. The van der Waals surface area contributed by atoms with Gasteiger partial charge in [0.15, 0.2) is 5.75 Å². The van der Waals surface area contributed by atoms with Gasteiger partial charge < -0.3 is 10.2 Å². The second-order valence-electron chi connectivity index (χ2n) is 5.32. The van der Waals surface area contributed by atoms with Gasteiger partial charge in [0, 0.05) is 23.7 Å². The molecule has 0 amide bonds. The number of aromatic hydroxyl groups is 1. The summed E-state index contributed by atoms with van der Waals surface area (Å²) in [5, 5.41) is 29.4. The Morgan fingerprint density at radius 3 is 2.30 bits per heavy atom. The Hall–Kier alpha value is -2.40. The molecular weight excluding hydrogens is 423 g/mol. The molecule has 2 rings (SSSR count). The van der Waals surface area contributed by atoms with Crippen LogP contribution in [0, 0.1) is 10.1 Å². The average molecular weight is 435 g/mol. The van der Waals surface area contributed by atoms with Gasteiger partial charge in [-0.25, -0.2) is 8.42 Å². The van der Waals surface area contributed by atoms with E-state index in [0.29, 0.717) is 9.87 Å². The second kappa shape index (κ2) is 8.09. The van der Waals surface area contributed by atoms with Gasteiger partial charge in [-0.2, -0.15) is 4.31 Å². The largest absolute Gasteiger partial charge is 0.505 e. The van der Waals surface area contributed by atoms with Gasteiger partial charge in [-0.15, -0.1) is 0 Å². The molecule has 0 unspecified atom stereocenters. The fourth-order valence-corrected chi connectivity index (χ4v) is 4.30. The number of hydrogen-bond acceptors (Lipinski definition) is 6. The van der Waals surface area contributed by atoms with E-state index < -0.39 is 44.7 Å². The summed E-state index contributed by atoms with van der Waals surface area (Å²) in [4.78, 5) is 20.6. The molecule has 0 aliphatic heterocycles. The number of benzene rings is 2. The number of carboxylic acids is 1. The highest BCUT2D eigenvalue weighted by Crippen LogP contribution is 2.36. The summed E-state index contributed by atoms with van der Waals surface area (Å²) in [6.45, 7) is -1.32. The summed E-state index contributed by atoms with van der Waals surface area (Å²) in [6.07, 6.45) is 0. The molecule has 27 heavy (non-hydrogen) atoms. The standard InChI is InChI=1S/C15H12Cl2N2O7S/c16-10-5-12(17)15(22)13(6-10)27(25,26)18(8-14(20)21)7-9-1-3-11(4-2-9)19(23)24/h1-6,22H,7-8H2,(H,20,21). The first-order valence-corrected chi connectivity index (χ1v) is 9.35. The van der Waals surface area contributed by atoms with E-state index in [2.05, 4.69) is 0 Å². The normalized spacial score (nSPS) is 11.5. The summed E-state index contributed by atoms with van der Waals surface area (Å²) in [5.74, 6) is -2.20. The molecule has 0 bridgehead atoms. The monoisotopic (exact) mass is 434 g/mol. The third-order valence-electron chi connectivity index (χ3n) is 3.43. The number of aliphatic carboxylic acids is 1. The van der Waals surface area contributed by atoms with Gasteiger partial charge in [-0.1, -0.05) is 35.3 Å². The van der Waals surface area contributed by atoms with Crippen molar-refractivity contribution in [2.45, 2.75) is 11.4 Å². The number of phenols is 1. The molecule has 144 valence electrons. The van der Waals surface area contributed by atoms with Gasteiger partial charge in [0.05, 0.1) is 9.95 Å². The fraction of sp³-hybridized carbons (Fsp3) is 0.133. The minimum atomic E-state index is -4.50. The van der Waals surface area contributed by atoms with Crippen molar-refractivity contribution in [1.29, 1.82) is 0 Å². The zero-order valence-corrected chi connectivity index (χ0v) is 15.7. The molecule has 0 saturated carbocycles. The number of nitro benzene ring substituents is 1. The van der Waals surface area contributed by atoms with Gasteiger partial charge in [0.2, 0.25) is 10.0 Å². The van der Waals surface area contributed by atoms with Crippen LogP contribution in [0.5, 0.6) is 5.75 Å². The number of phenolic OH excluding ortho intramolecular Hbond substituents is 1. The first-order valence-electron chi connectivity index (χ1n) is 7.15. The maximum atomic E-state index is 12.8. The van der Waals surface area contributed by atoms with Crippen molar-refractivity contribution in [3.63, 3.8) is 0 Å². The SMILES string of the molecule is O=C(O)CN(Cc1ccc([N+](=O)[O-])cc1)S(=O)(=O)c1cc(Cl)cc(Cl)c1O. The molecule has 0 heterocycles. The van der Waals surface area contributed by atoms with Gasteiger partial charge >= 0.3 is 5.97 Å². The topological polar surface area (TPSA) is 138 Å². The number of nitro groups is 1. The van der Waals surface area contributed by atoms with Crippen LogP contribution in [-0.4, -0.2) is 40.4 Å². The molecule has 0 aliphatic carbocycles. The Bertz CT molecular complexity index is 994. The molecule has 0 saturated heterocycles. The van der Waals surface area contributed by atoms with Gasteiger partial charge in [0.25, 0.3) is 5.69 Å². The fourth-order valence-electron chi connectivity index (χ4n) is 2.18. The number of halogens is 2. The van der Waals surface area contributed by atoms with Crippen LogP contribution in [0.3, 0.4) is 0 Å². The van der Waals surface area contributed by atoms with Crippen molar-refractivity contribution in [3.05, 3.63) is 62.1 Å². The van der Waals surface area contributed by atoms with Crippen molar-refractivity contribution in [1.82, 2.24) is 4.31 Å². The molecular formula is C15H12Cl2N2O7S. The van der Waals surface area contributed by atoms with Crippen LogP contribution >= 0.6 is 23.2 Å². The smallest absolute Gasteiger partial charge is 0.318 e. The molecule has 0 aliphatic rings. The Kier molecular flexibility index (Phi) is 6.26. The first kappa shape index (κ1) is 20.9. The average Bonchev–Trinajstić information content (AvgIpc) is 2.57. The highest BCUT2D eigenvalue weighted by atomic mass is 35.5. The molecule has 2 aromatic rings. The van der Waals surface area contributed by atoms with E-state index in [1.807, 2.05) is 0 Å². The van der Waals surface area contributed by atoms with Crippen LogP contribution in [0.4, 0.5) is 5.69 Å². The summed E-state index contributed by atoms with van der Waals surface area (Å²) < 4.78 is 26.3. The Morgan fingerprint density at radius 2 is 1.78 bits per heavy atom. The third-order valence-corrected chi connectivity index (χ3v) is 5.74. The number of nitrogens with zero attached hydrogens (tertiary/aromatic N) is 2. The minimum absolute atomic E-state index is 0.0676. The van der Waals surface area contributed by atoms with Crippen LogP contribution in [0.25, 0.3) is 0 Å². The zero-order chi connectivity index (χ0) is 20.4. The second-order valence-corrected chi connectivity index (χ2v) is 8.07. The van der Waals surface area contributed by atoms with Crippen LogP contribution in [0.1, 0.15) is 5.56 Å². The highest BCUT2D eigenvalue weighted by molar-refractivity contribution is 7.89. The summed E-state index contributed by atoms with van der Waals surface area (Å²) in [5.41, 5.74) is 0.101. The molecule has 0 radical (unpaired) electrons. The van der Waals surface area contributed by atoms with Crippen LogP contribution in [-0.2, 0) is 21.4 Å². The third kappa shape index (κ3) is 4.86. The van der Waals surface area contributed by atoms with E-state index in [-0.39, 0.29) is 15.7 Å². The Balaban J connectivity index is 2.46. The predicted molar refractivity (Wildman–Crippen MR) is 96.5 cm³/mol. The van der Waals surface area contributed by atoms with E-state index in [4.69, 9.17) is 28.3 Å². The minimum Gasteiger partial charge on any atom is -0.505 e. The van der Waals surface area contributed by atoms with E-state index in [1.54, 1.807) is 0 Å². The van der Waals surface area contributed by atoms with Crippen molar-refractivity contribution in [2.24, 2.45) is 0 Å². The number of carboxylic acid groups (broad SMARTS) is 1. The lowest BCUT2D eigenvalue weighted by Gasteiger charge is -2.21. The van der Waals surface area contributed by atoms with Crippen molar-refractivity contribution < 1.29 is 28.3 Å². The first-order chi connectivity index (χ1) is 12.5. The maximum Gasteiger partial charge on any atom is 0.318 e. The lowest BCUT2D eigenvalue weighted by Crippen LogP contribution is -2.35. The van der Waals surface area contributed by atoms with Crippen LogP contribution in [0.2, 0.25) is 10.0 Å². The number of sulfonamides is 1. The van der Waals surface area contributed by atoms with Crippen molar-refractivity contribution >= 4 is 44.9 Å². The van der Waals surface area contributed by atoms with Crippen LogP contribution < -0.4 is 0 Å². The number of hydrogen-bond donors (Lipinski definition) is 2. The molecule has 2 N–H and O–H groups in total. The quantitative estimate of drug-likeness (QED) is 0.504. The zero-order valence-electron chi connectivity index (χ0n) is 13.4. The van der Waals surface area contributed by atoms with E-state index in [0.717, 1.165) is 24.3 Å². The molecule has 9 nitrogen and oxygen atoms in total. The summed E-state index contributed by atoms with van der Waals surface area (Å²) in [7, 11) is -4.50. The van der Waals surface area contributed by atoms with E-state index >= 15 is 0 Å². The van der Waals surface area contributed by atoms with Crippen molar-refractivity contribution in [2.75, 3.05) is 6.54 Å². The molecule has 0 spiro atoms. The van der Waals surface area contributed by atoms with Crippen LogP contribution in [0.15, 0.2) is 41.3 Å². The molecule has 0 atom stereocenters. The lowest BCUT2D eigenvalue weighted by atomic mass is 10.2. The lowest BCUT2D eigenvalue weighted by molar-refractivity contribution is -0.384.